The lowest BCUT2D eigenvalue weighted by Gasteiger charge is -2.01. The van der Waals surface area contributed by atoms with Crippen LogP contribution in [0.4, 0.5) is 0 Å². The molecule has 0 saturated heterocycles. The second-order valence-corrected chi connectivity index (χ2v) is 4.64. The molecule has 3 heteroatoms. The molecule has 18 heavy (non-hydrogen) atoms. The Labute approximate surface area is 103 Å². The summed E-state index contributed by atoms with van der Waals surface area (Å²) in [6.45, 7) is 1.98. The molecule has 0 amide bonds. The number of para-hydroxylation sites is 1. The summed E-state index contributed by atoms with van der Waals surface area (Å²) in [5.74, 6) is 0.949. The molecule has 86 valence electrons. The lowest BCUT2D eigenvalue weighted by Crippen LogP contribution is -2.01. The van der Waals surface area contributed by atoms with E-state index in [2.05, 4.69) is 51.4 Å². The monoisotopic (exact) mass is 234 g/mol. The molecule has 0 unspecified atom stereocenters. The van der Waals surface area contributed by atoms with Gasteiger partial charge in [-0.3, -0.25) is 0 Å². The van der Waals surface area contributed by atoms with E-state index >= 15 is 0 Å². The molecule has 4 aromatic rings. The van der Waals surface area contributed by atoms with E-state index in [4.69, 9.17) is 0 Å². The Morgan fingerprint density at radius 3 is 2.83 bits per heavy atom. The molecule has 0 atom stereocenters. The molecule has 0 aliphatic heterocycles. The number of hydrogen-bond donors (Lipinski definition) is 1. The molecule has 4 rings (SSSR count). The van der Waals surface area contributed by atoms with Crippen LogP contribution in [0.5, 0.6) is 0 Å². The lowest BCUT2D eigenvalue weighted by molar-refractivity contribution is -0.354. The summed E-state index contributed by atoms with van der Waals surface area (Å²) in [4.78, 5) is 11.2. The molecular weight excluding hydrogens is 222 g/mol. The number of nitrogens with one attached hydrogen (secondary N) is 2. The van der Waals surface area contributed by atoms with Crippen molar-refractivity contribution in [2.45, 2.75) is 6.92 Å². The van der Waals surface area contributed by atoms with Crippen molar-refractivity contribution in [1.29, 1.82) is 0 Å². The van der Waals surface area contributed by atoms with Crippen LogP contribution in [0.2, 0.25) is 0 Å². The lowest BCUT2D eigenvalue weighted by atomic mass is 10.1. The van der Waals surface area contributed by atoms with Crippen molar-refractivity contribution in [3.05, 3.63) is 48.3 Å². The van der Waals surface area contributed by atoms with Crippen molar-refractivity contribution in [2.24, 2.45) is 0 Å². The molecule has 0 saturated carbocycles. The quantitative estimate of drug-likeness (QED) is 0.467. The average molecular weight is 234 g/mol. The maximum Gasteiger partial charge on any atom is 0.294 e. The minimum Gasteiger partial charge on any atom is -0.354 e. The summed E-state index contributed by atoms with van der Waals surface area (Å²) in [5.41, 5.74) is 4.38. The molecule has 0 aliphatic rings. The van der Waals surface area contributed by atoms with Crippen LogP contribution in [-0.4, -0.2) is 9.97 Å². The van der Waals surface area contributed by atoms with E-state index in [0.717, 1.165) is 27.9 Å². The van der Waals surface area contributed by atoms with E-state index < -0.39 is 0 Å². The smallest absolute Gasteiger partial charge is 0.294 e. The van der Waals surface area contributed by atoms with E-state index in [-0.39, 0.29) is 0 Å². The number of benzene rings is 2. The number of fused-ring (bicyclic) bond motifs is 3. The fourth-order valence-corrected chi connectivity index (χ4v) is 2.48. The fourth-order valence-electron chi connectivity index (χ4n) is 2.48. The number of imidazole rings is 1. The first kappa shape index (κ1) is 9.59. The second-order valence-electron chi connectivity index (χ2n) is 4.64. The van der Waals surface area contributed by atoms with Gasteiger partial charge in [-0.15, -0.1) is 0 Å². The molecular formula is C15H12N3+. The molecule has 3 nitrogen and oxygen atoms in total. The first-order chi connectivity index (χ1) is 8.79. The summed E-state index contributed by atoms with van der Waals surface area (Å²) < 4.78 is 0. The van der Waals surface area contributed by atoms with Gasteiger partial charge in [-0.25, -0.2) is 4.98 Å². The van der Waals surface area contributed by atoms with Gasteiger partial charge in [0.2, 0.25) is 5.52 Å². The Hall–Kier alpha value is -2.42. The molecule has 2 aromatic heterocycles. The third-order valence-corrected chi connectivity index (χ3v) is 3.31. The van der Waals surface area contributed by atoms with Gasteiger partial charge in [0, 0.05) is 30.0 Å². The number of aromatic amines is 2. The first-order valence-electron chi connectivity index (χ1n) is 6.01. The number of H-pyrrole nitrogens is 2. The zero-order valence-electron chi connectivity index (χ0n) is 9.99. The maximum atomic E-state index is 4.47. The van der Waals surface area contributed by atoms with E-state index in [0.29, 0.717) is 0 Å². The van der Waals surface area contributed by atoms with Gasteiger partial charge in [-0.2, -0.15) is 0 Å². The minimum absolute atomic E-state index is 0.949. The van der Waals surface area contributed by atoms with Gasteiger partial charge >= 0.3 is 0 Å². The topological polar surface area (TPSA) is 42.8 Å². The summed E-state index contributed by atoms with van der Waals surface area (Å²) >= 11 is 0. The number of nitrogens with zero attached hydrogens (tertiary/aromatic N) is 1. The normalized spacial score (nSPS) is 11.6. The van der Waals surface area contributed by atoms with E-state index in [1.807, 2.05) is 13.0 Å². The molecule has 2 aromatic carbocycles. The van der Waals surface area contributed by atoms with E-state index in [1.165, 1.54) is 10.8 Å². The molecule has 2 N–H and O–H groups in total. The van der Waals surface area contributed by atoms with Crippen LogP contribution in [0.1, 0.15) is 5.82 Å². The summed E-state index contributed by atoms with van der Waals surface area (Å²) in [6.07, 6.45) is 0. The fraction of sp³-hybridized carbons (Fsp3) is 0.0667. The predicted octanol–water partition coefficient (Wildman–Crippen LogP) is 2.99. The Balaban J connectivity index is 2.19. The van der Waals surface area contributed by atoms with Crippen molar-refractivity contribution in [2.75, 3.05) is 0 Å². The number of aryl methyl sites for hydroxylation is 1. The summed E-state index contributed by atoms with van der Waals surface area (Å²) in [5, 5.41) is 2.41. The van der Waals surface area contributed by atoms with Crippen molar-refractivity contribution >= 4 is 32.8 Å². The van der Waals surface area contributed by atoms with Gasteiger partial charge in [0.1, 0.15) is 0 Å². The maximum absolute atomic E-state index is 4.47. The number of rotatable bonds is 0. The highest BCUT2D eigenvalue weighted by atomic mass is 14.9. The Morgan fingerprint density at radius 2 is 1.89 bits per heavy atom. The molecule has 0 bridgehead atoms. The van der Waals surface area contributed by atoms with Gasteiger partial charge in [0.05, 0.1) is 5.52 Å². The van der Waals surface area contributed by atoms with E-state index in [1.54, 1.807) is 0 Å². The standard InChI is InChI=1S/C15H11N3/c1-9-16-14-7-11-6-10-4-2-3-5-12(10)18-13(11)8-15(14)17-9/h2-8,18H,1H3/p+1. The predicted molar refractivity (Wildman–Crippen MR) is 72.4 cm³/mol. The van der Waals surface area contributed by atoms with Crippen molar-refractivity contribution in [3.8, 4) is 0 Å². The van der Waals surface area contributed by atoms with Gasteiger partial charge < -0.3 is 4.98 Å². The van der Waals surface area contributed by atoms with Crippen molar-refractivity contribution in [3.63, 3.8) is 0 Å². The summed E-state index contributed by atoms with van der Waals surface area (Å²) in [6, 6.07) is 14.8. The molecule has 0 fully saturated rings. The van der Waals surface area contributed by atoms with Gasteiger partial charge in [0.25, 0.3) is 5.82 Å². The van der Waals surface area contributed by atoms with Gasteiger partial charge in [0.15, 0.2) is 5.52 Å². The Kier molecular flexibility index (Phi) is 1.75. The van der Waals surface area contributed by atoms with Crippen LogP contribution >= 0.6 is 0 Å². The largest absolute Gasteiger partial charge is 0.354 e. The van der Waals surface area contributed by atoms with E-state index in [9.17, 15) is 0 Å². The number of aromatic nitrogens is 3. The van der Waals surface area contributed by atoms with Crippen molar-refractivity contribution in [1.82, 2.24) is 9.97 Å². The van der Waals surface area contributed by atoms with Crippen LogP contribution < -0.4 is 4.98 Å². The van der Waals surface area contributed by atoms with Crippen LogP contribution in [0.3, 0.4) is 0 Å². The third-order valence-electron chi connectivity index (χ3n) is 3.31. The van der Waals surface area contributed by atoms with Crippen molar-refractivity contribution < 1.29 is 4.98 Å². The highest BCUT2D eigenvalue weighted by Crippen LogP contribution is 2.22. The summed E-state index contributed by atoms with van der Waals surface area (Å²) in [7, 11) is 0. The Morgan fingerprint density at radius 1 is 1.00 bits per heavy atom. The molecule has 0 spiro atoms. The average Bonchev–Trinajstić information content (AvgIpc) is 2.72. The molecule has 0 radical (unpaired) electrons. The Bertz CT molecular complexity index is 818. The second kappa shape index (κ2) is 3.29. The highest BCUT2D eigenvalue weighted by Gasteiger charge is 2.11. The van der Waals surface area contributed by atoms with Gasteiger partial charge in [-0.1, -0.05) is 18.2 Å². The van der Waals surface area contributed by atoms with Crippen LogP contribution in [-0.2, 0) is 0 Å². The SMILES string of the molecule is Cc1nc2cc3cc4ccccc4[nH]c3cc2[nH+]1. The van der Waals surface area contributed by atoms with Crippen LogP contribution in [0.25, 0.3) is 32.8 Å². The highest BCUT2D eigenvalue weighted by molar-refractivity contribution is 5.98. The number of pyridine rings is 1. The molecule has 0 aliphatic carbocycles. The first-order valence-corrected chi connectivity index (χ1v) is 6.01. The van der Waals surface area contributed by atoms with Crippen LogP contribution in [0, 0.1) is 6.92 Å². The minimum atomic E-state index is 0.949. The van der Waals surface area contributed by atoms with Gasteiger partial charge in [-0.05, 0) is 22.5 Å². The van der Waals surface area contributed by atoms with Crippen LogP contribution in [0.15, 0.2) is 42.5 Å². The molecule has 2 heterocycles. The third kappa shape index (κ3) is 1.31. The zero-order valence-corrected chi connectivity index (χ0v) is 9.99. The zero-order chi connectivity index (χ0) is 12.1. The number of hydrogen-bond acceptors (Lipinski definition) is 1.